The van der Waals surface area contributed by atoms with Gasteiger partial charge >= 0.3 is 0 Å². The molecule has 4 aromatic rings. The molecule has 4 rings (SSSR count). The van der Waals surface area contributed by atoms with Gasteiger partial charge in [0.2, 0.25) is 5.88 Å². The van der Waals surface area contributed by atoms with Gasteiger partial charge in [-0.3, -0.25) is 0 Å². The van der Waals surface area contributed by atoms with Crippen molar-refractivity contribution in [1.82, 2.24) is 20.0 Å². The molecule has 2 aromatic carbocycles. The second kappa shape index (κ2) is 6.84. The lowest BCUT2D eigenvalue weighted by atomic mass is 10.1. The van der Waals surface area contributed by atoms with E-state index in [1.807, 2.05) is 24.3 Å². The normalized spacial score (nSPS) is 11.3. The lowest BCUT2D eigenvalue weighted by molar-refractivity contribution is 0.335. The smallest absolute Gasteiger partial charge is 0.221 e. The lowest BCUT2D eigenvalue weighted by Gasteiger charge is -2.10. The Balaban J connectivity index is 1.83. The minimum absolute atomic E-state index is 0.0941. The zero-order valence-corrected chi connectivity index (χ0v) is 15.1. The summed E-state index contributed by atoms with van der Waals surface area (Å²) in [7, 11) is 0. The molecule has 132 valence electrons. The second-order valence-electron chi connectivity index (χ2n) is 5.88. The summed E-state index contributed by atoms with van der Waals surface area (Å²) in [6, 6.07) is 11.4. The summed E-state index contributed by atoms with van der Waals surface area (Å²) in [5.41, 5.74) is 3.30. The minimum atomic E-state index is 0.0941. The number of thiol groups is 1. The van der Waals surface area contributed by atoms with Crippen molar-refractivity contribution in [1.29, 1.82) is 0 Å². The van der Waals surface area contributed by atoms with Gasteiger partial charge in [-0.05, 0) is 42.3 Å². The van der Waals surface area contributed by atoms with E-state index >= 15 is 0 Å². The molecule has 2 aromatic heterocycles. The molecule has 26 heavy (non-hydrogen) atoms. The highest BCUT2D eigenvalue weighted by molar-refractivity contribution is 7.80. The quantitative estimate of drug-likeness (QED) is 0.529. The predicted molar refractivity (Wildman–Crippen MR) is 105 cm³/mol. The fraction of sp³-hybridized carbons (Fsp3) is 0.211. The average molecular weight is 366 g/mol. The maximum Gasteiger partial charge on any atom is 0.221 e. The van der Waals surface area contributed by atoms with E-state index in [1.165, 1.54) is 10.4 Å². The van der Waals surface area contributed by atoms with Crippen LogP contribution < -0.4 is 4.74 Å². The number of aromatic nitrogens is 4. The van der Waals surface area contributed by atoms with Crippen LogP contribution in [0.1, 0.15) is 12.5 Å². The molecule has 0 atom stereocenters. The highest BCUT2D eigenvalue weighted by Gasteiger charge is 2.14. The van der Waals surface area contributed by atoms with Gasteiger partial charge in [0.25, 0.3) is 0 Å². The van der Waals surface area contributed by atoms with Gasteiger partial charge in [-0.1, -0.05) is 13.0 Å². The Hall–Kier alpha value is -2.80. The highest BCUT2D eigenvalue weighted by atomic mass is 32.1. The van der Waals surface area contributed by atoms with Gasteiger partial charge < -0.3 is 9.84 Å². The lowest BCUT2D eigenvalue weighted by Crippen LogP contribution is -2.02. The van der Waals surface area contributed by atoms with E-state index in [0.29, 0.717) is 29.3 Å². The Bertz CT molecular complexity index is 1090. The van der Waals surface area contributed by atoms with Crippen molar-refractivity contribution in [3.05, 3.63) is 48.2 Å². The maximum absolute atomic E-state index is 10.8. The summed E-state index contributed by atoms with van der Waals surface area (Å²) in [5, 5.41) is 21.2. The van der Waals surface area contributed by atoms with E-state index in [4.69, 9.17) is 4.74 Å². The molecule has 0 fully saturated rings. The molecular weight excluding hydrogens is 348 g/mol. The minimum Gasteiger partial charge on any atom is -0.505 e. The number of benzene rings is 2. The molecule has 7 heteroatoms. The van der Waals surface area contributed by atoms with E-state index in [9.17, 15) is 5.11 Å². The third-order valence-electron chi connectivity index (χ3n) is 4.26. The molecule has 0 saturated heterocycles. The number of fused-ring (bicyclic) bond motifs is 2. The monoisotopic (exact) mass is 366 g/mol. The third-order valence-corrected chi connectivity index (χ3v) is 4.44. The van der Waals surface area contributed by atoms with E-state index < -0.39 is 0 Å². The van der Waals surface area contributed by atoms with E-state index in [1.54, 1.807) is 18.3 Å². The van der Waals surface area contributed by atoms with Crippen LogP contribution in [0.4, 0.5) is 0 Å². The van der Waals surface area contributed by atoms with Gasteiger partial charge in [-0.2, -0.15) is 12.6 Å². The van der Waals surface area contributed by atoms with E-state index in [0.717, 1.165) is 22.8 Å². The van der Waals surface area contributed by atoms with Crippen LogP contribution in [0.25, 0.3) is 27.5 Å². The molecule has 0 saturated carbocycles. The Morgan fingerprint density at radius 3 is 2.73 bits per heavy atom. The molecule has 0 bridgehead atoms. The first-order valence-electron chi connectivity index (χ1n) is 8.42. The number of rotatable bonds is 5. The number of ether oxygens (including phenoxy) is 1. The molecular formula is C19H18N4O2S. The Morgan fingerprint density at radius 1 is 1.08 bits per heavy atom. The summed E-state index contributed by atoms with van der Waals surface area (Å²) in [6.07, 6.45) is 2.55. The highest BCUT2D eigenvalue weighted by Crippen LogP contribution is 2.34. The van der Waals surface area contributed by atoms with Crippen LogP contribution in [-0.4, -0.2) is 37.4 Å². The number of hydrogen-bond donors (Lipinski definition) is 2. The number of hydrogen-bond acceptors (Lipinski definition) is 6. The van der Waals surface area contributed by atoms with Crippen LogP contribution in [0.3, 0.4) is 0 Å². The van der Waals surface area contributed by atoms with Gasteiger partial charge in [-0.25, -0.2) is 4.98 Å². The van der Waals surface area contributed by atoms with Crippen LogP contribution >= 0.6 is 12.6 Å². The number of nitrogens with zero attached hydrogens (tertiary/aromatic N) is 4. The Kier molecular flexibility index (Phi) is 4.38. The number of pyridine rings is 1. The van der Waals surface area contributed by atoms with Gasteiger partial charge in [0.05, 0.1) is 6.61 Å². The first kappa shape index (κ1) is 16.7. The van der Waals surface area contributed by atoms with E-state index in [-0.39, 0.29) is 5.75 Å². The fourth-order valence-electron chi connectivity index (χ4n) is 2.91. The molecule has 0 aliphatic carbocycles. The number of aryl methyl sites for hydroxylation is 1. The molecule has 0 radical (unpaired) electrons. The molecule has 0 spiro atoms. The van der Waals surface area contributed by atoms with Crippen molar-refractivity contribution in [2.24, 2.45) is 0 Å². The molecule has 0 aliphatic rings. The standard InChI is InChI=1S/C19H18N4O2S/c1-2-12-3-5-15-16(11-12)22-23(21-15)17-6-4-14-13(18(17)24)7-8-20-19(14)25-9-10-26/h3-8,11,24,26H,2,9-10H2,1H3. The van der Waals surface area contributed by atoms with E-state index in [2.05, 4.69) is 34.7 Å². The first-order chi connectivity index (χ1) is 12.7. The largest absolute Gasteiger partial charge is 0.505 e. The number of phenolic OH excluding ortho intramolecular Hbond substituents is 1. The summed E-state index contributed by atoms with van der Waals surface area (Å²) >= 11 is 4.15. The Morgan fingerprint density at radius 2 is 1.92 bits per heavy atom. The van der Waals surface area contributed by atoms with Crippen LogP contribution in [0.15, 0.2) is 42.6 Å². The molecule has 1 N–H and O–H groups in total. The van der Waals surface area contributed by atoms with Gasteiger partial charge in [0.1, 0.15) is 16.7 Å². The van der Waals surface area contributed by atoms with Crippen LogP contribution in [-0.2, 0) is 6.42 Å². The van der Waals surface area contributed by atoms with Crippen molar-refractivity contribution >= 4 is 34.4 Å². The zero-order chi connectivity index (χ0) is 18.1. The molecule has 0 aliphatic heterocycles. The van der Waals surface area contributed by atoms with Crippen LogP contribution in [0.5, 0.6) is 11.6 Å². The maximum atomic E-state index is 10.8. The second-order valence-corrected chi connectivity index (χ2v) is 6.33. The van der Waals surface area contributed by atoms with Crippen LogP contribution in [0.2, 0.25) is 0 Å². The fourth-order valence-corrected chi connectivity index (χ4v) is 3.00. The summed E-state index contributed by atoms with van der Waals surface area (Å²) in [4.78, 5) is 5.70. The molecule has 6 nitrogen and oxygen atoms in total. The van der Waals surface area contributed by atoms with Crippen molar-refractivity contribution in [2.45, 2.75) is 13.3 Å². The Labute approximate surface area is 155 Å². The third kappa shape index (κ3) is 2.84. The first-order valence-corrected chi connectivity index (χ1v) is 9.05. The topological polar surface area (TPSA) is 73.1 Å². The summed E-state index contributed by atoms with van der Waals surface area (Å²) < 4.78 is 5.61. The number of aromatic hydroxyl groups is 1. The average Bonchev–Trinajstić information content (AvgIpc) is 3.09. The molecule has 0 amide bonds. The van der Waals surface area contributed by atoms with Gasteiger partial charge in [0.15, 0.2) is 5.75 Å². The van der Waals surface area contributed by atoms with Crippen molar-refractivity contribution in [3.63, 3.8) is 0 Å². The van der Waals surface area contributed by atoms with Crippen molar-refractivity contribution in [3.8, 4) is 17.3 Å². The summed E-state index contributed by atoms with van der Waals surface area (Å²) in [6.45, 7) is 2.55. The zero-order valence-electron chi connectivity index (χ0n) is 14.3. The van der Waals surface area contributed by atoms with Gasteiger partial charge in [-0.15, -0.1) is 15.0 Å². The molecule has 2 heterocycles. The predicted octanol–water partition coefficient (Wildman–Crippen LogP) is 3.55. The van der Waals surface area contributed by atoms with Crippen molar-refractivity contribution < 1.29 is 9.84 Å². The SMILES string of the molecule is CCc1ccc2nn(-c3ccc4c(OCCS)nccc4c3O)nc2c1. The summed E-state index contributed by atoms with van der Waals surface area (Å²) in [5.74, 6) is 1.16. The van der Waals surface area contributed by atoms with Crippen LogP contribution in [0, 0.1) is 0 Å². The van der Waals surface area contributed by atoms with Gasteiger partial charge in [0, 0.05) is 22.7 Å². The van der Waals surface area contributed by atoms with Crippen molar-refractivity contribution in [2.75, 3.05) is 12.4 Å². The number of phenols is 1. The molecule has 0 unspecified atom stereocenters.